The summed E-state index contributed by atoms with van der Waals surface area (Å²) in [6.07, 6.45) is 1.89. The standard InChI is InChI=1S/C20H19ClN2O/c1-14-11-16(13-22-18-5-4-6-20(12-18)24-3)15(2)23(14)19-9-7-17(21)8-10-19/h4-13H,1-3H3. The van der Waals surface area contributed by atoms with E-state index in [1.165, 1.54) is 0 Å². The molecule has 0 fully saturated rings. The van der Waals surface area contributed by atoms with E-state index >= 15 is 0 Å². The van der Waals surface area contributed by atoms with Gasteiger partial charge in [-0.3, -0.25) is 4.99 Å². The first-order valence-corrected chi connectivity index (χ1v) is 8.09. The fourth-order valence-corrected chi connectivity index (χ4v) is 2.87. The lowest BCUT2D eigenvalue weighted by Gasteiger charge is -2.09. The molecular weight excluding hydrogens is 320 g/mol. The average molecular weight is 339 g/mol. The first-order chi connectivity index (χ1) is 11.6. The Morgan fingerprint density at radius 2 is 1.79 bits per heavy atom. The lowest BCUT2D eigenvalue weighted by atomic mass is 10.2. The molecule has 1 heterocycles. The number of methoxy groups -OCH3 is 1. The Morgan fingerprint density at radius 3 is 2.50 bits per heavy atom. The summed E-state index contributed by atoms with van der Waals surface area (Å²) in [5.74, 6) is 0.802. The predicted molar refractivity (Wildman–Crippen MR) is 101 cm³/mol. The average Bonchev–Trinajstić information content (AvgIpc) is 2.88. The lowest BCUT2D eigenvalue weighted by Crippen LogP contribution is -1.99. The van der Waals surface area contributed by atoms with Gasteiger partial charge < -0.3 is 9.30 Å². The number of ether oxygens (including phenoxy) is 1. The highest BCUT2D eigenvalue weighted by Gasteiger charge is 2.09. The van der Waals surface area contributed by atoms with Gasteiger partial charge in [-0.25, -0.2) is 0 Å². The normalized spacial score (nSPS) is 11.2. The fourth-order valence-electron chi connectivity index (χ4n) is 2.74. The largest absolute Gasteiger partial charge is 0.497 e. The SMILES string of the molecule is COc1cccc(N=Cc2cc(C)n(-c3ccc(Cl)cc3)c2C)c1. The van der Waals surface area contributed by atoms with Crippen LogP contribution in [0.5, 0.6) is 5.75 Å². The van der Waals surface area contributed by atoms with Crippen LogP contribution >= 0.6 is 11.6 Å². The Labute approximate surface area is 147 Å². The molecule has 3 aromatic rings. The number of rotatable bonds is 4. The third-order valence-corrected chi connectivity index (χ3v) is 4.21. The zero-order chi connectivity index (χ0) is 17.1. The van der Waals surface area contributed by atoms with Crippen LogP contribution in [-0.4, -0.2) is 17.9 Å². The maximum atomic E-state index is 5.99. The Morgan fingerprint density at radius 1 is 1.04 bits per heavy atom. The summed E-state index contributed by atoms with van der Waals surface area (Å²) in [6.45, 7) is 4.18. The molecule has 0 saturated carbocycles. The van der Waals surface area contributed by atoms with E-state index in [-0.39, 0.29) is 0 Å². The number of benzene rings is 2. The van der Waals surface area contributed by atoms with Crippen molar-refractivity contribution in [3.63, 3.8) is 0 Å². The molecule has 0 N–H and O–H groups in total. The Bertz CT molecular complexity index is 879. The molecule has 0 aliphatic carbocycles. The van der Waals surface area contributed by atoms with Crippen molar-refractivity contribution in [3.8, 4) is 11.4 Å². The van der Waals surface area contributed by atoms with Crippen LogP contribution in [0.1, 0.15) is 17.0 Å². The number of hydrogen-bond acceptors (Lipinski definition) is 2. The summed E-state index contributed by atoms with van der Waals surface area (Å²) < 4.78 is 7.43. The summed E-state index contributed by atoms with van der Waals surface area (Å²) in [7, 11) is 1.66. The van der Waals surface area contributed by atoms with Crippen LogP contribution < -0.4 is 4.74 Å². The van der Waals surface area contributed by atoms with Crippen LogP contribution in [0.4, 0.5) is 5.69 Å². The first kappa shape index (κ1) is 16.3. The summed E-state index contributed by atoms with van der Waals surface area (Å²) >= 11 is 5.99. The van der Waals surface area contributed by atoms with E-state index in [0.717, 1.165) is 39.1 Å². The maximum absolute atomic E-state index is 5.99. The molecule has 0 atom stereocenters. The van der Waals surface area contributed by atoms with Crippen molar-refractivity contribution in [2.75, 3.05) is 7.11 Å². The van der Waals surface area contributed by atoms with Gasteiger partial charge in [0.2, 0.25) is 0 Å². The third kappa shape index (κ3) is 3.36. The van der Waals surface area contributed by atoms with Crippen molar-refractivity contribution in [2.45, 2.75) is 13.8 Å². The Kier molecular flexibility index (Phi) is 4.72. The predicted octanol–water partition coefficient (Wildman–Crippen LogP) is 5.51. The molecule has 24 heavy (non-hydrogen) atoms. The summed E-state index contributed by atoms with van der Waals surface area (Å²) in [6, 6.07) is 17.7. The summed E-state index contributed by atoms with van der Waals surface area (Å²) in [5.41, 5.74) is 5.34. The topological polar surface area (TPSA) is 26.5 Å². The molecular formula is C20H19ClN2O. The summed E-state index contributed by atoms with van der Waals surface area (Å²) in [4.78, 5) is 4.57. The van der Waals surface area contributed by atoms with Crippen LogP contribution in [-0.2, 0) is 0 Å². The van der Waals surface area contributed by atoms with Crippen molar-refractivity contribution in [1.82, 2.24) is 4.57 Å². The van der Waals surface area contributed by atoms with E-state index in [1.54, 1.807) is 7.11 Å². The molecule has 0 amide bonds. The maximum Gasteiger partial charge on any atom is 0.121 e. The number of aromatic nitrogens is 1. The van der Waals surface area contributed by atoms with E-state index in [4.69, 9.17) is 16.3 Å². The molecule has 3 rings (SSSR count). The van der Waals surface area contributed by atoms with Gasteiger partial charge in [-0.05, 0) is 56.3 Å². The molecule has 0 saturated heterocycles. The van der Waals surface area contributed by atoms with Crippen molar-refractivity contribution < 1.29 is 4.74 Å². The number of hydrogen-bond donors (Lipinski definition) is 0. The number of nitrogens with zero attached hydrogens (tertiary/aromatic N) is 2. The molecule has 0 radical (unpaired) electrons. The van der Waals surface area contributed by atoms with Crippen LogP contribution in [0.25, 0.3) is 5.69 Å². The summed E-state index contributed by atoms with van der Waals surface area (Å²) in [5, 5.41) is 0.737. The molecule has 0 aliphatic heterocycles. The van der Waals surface area contributed by atoms with Crippen molar-refractivity contribution in [3.05, 3.63) is 76.6 Å². The van der Waals surface area contributed by atoms with Gasteiger partial charge in [0.05, 0.1) is 12.8 Å². The first-order valence-electron chi connectivity index (χ1n) is 7.71. The van der Waals surface area contributed by atoms with Gasteiger partial charge in [-0.2, -0.15) is 0 Å². The van der Waals surface area contributed by atoms with Crippen molar-refractivity contribution in [1.29, 1.82) is 0 Å². The van der Waals surface area contributed by atoms with Crippen molar-refractivity contribution >= 4 is 23.5 Å². The minimum atomic E-state index is 0.737. The highest BCUT2D eigenvalue weighted by Crippen LogP contribution is 2.23. The smallest absolute Gasteiger partial charge is 0.121 e. The minimum absolute atomic E-state index is 0.737. The van der Waals surface area contributed by atoms with Crippen LogP contribution in [0.2, 0.25) is 5.02 Å². The highest BCUT2D eigenvalue weighted by molar-refractivity contribution is 6.30. The molecule has 122 valence electrons. The van der Waals surface area contributed by atoms with E-state index in [0.29, 0.717) is 0 Å². The van der Waals surface area contributed by atoms with Crippen LogP contribution in [0, 0.1) is 13.8 Å². The van der Waals surface area contributed by atoms with Gasteiger partial charge in [0, 0.05) is 39.9 Å². The second kappa shape index (κ2) is 6.93. The van der Waals surface area contributed by atoms with E-state index in [9.17, 15) is 0 Å². The highest BCUT2D eigenvalue weighted by atomic mass is 35.5. The van der Waals surface area contributed by atoms with Gasteiger partial charge in [0.15, 0.2) is 0 Å². The van der Waals surface area contributed by atoms with Gasteiger partial charge in [0.25, 0.3) is 0 Å². The number of halogens is 1. The second-order valence-corrected chi connectivity index (χ2v) is 6.03. The minimum Gasteiger partial charge on any atom is -0.497 e. The van der Waals surface area contributed by atoms with Gasteiger partial charge in [-0.1, -0.05) is 17.7 Å². The van der Waals surface area contributed by atoms with Gasteiger partial charge in [0.1, 0.15) is 5.75 Å². The van der Waals surface area contributed by atoms with Crippen molar-refractivity contribution in [2.24, 2.45) is 4.99 Å². The van der Waals surface area contributed by atoms with Crippen LogP contribution in [0.15, 0.2) is 59.6 Å². The number of aliphatic imine (C=N–C) groups is 1. The third-order valence-electron chi connectivity index (χ3n) is 3.96. The Hall–Kier alpha value is -2.52. The Balaban J connectivity index is 1.93. The van der Waals surface area contributed by atoms with Gasteiger partial charge in [-0.15, -0.1) is 0 Å². The monoisotopic (exact) mass is 338 g/mol. The fraction of sp³-hybridized carbons (Fsp3) is 0.150. The van der Waals surface area contributed by atoms with E-state index in [2.05, 4.69) is 29.5 Å². The molecule has 0 bridgehead atoms. The molecule has 0 unspecified atom stereocenters. The molecule has 0 aliphatic rings. The molecule has 4 heteroatoms. The molecule has 2 aromatic carbocycles. The zero-order valence-electron chi connectivity index (χ0n) is 14.0. The quantitative estimate of drug-likeness (QED) is 0.576. The van der Waals surface area contributed by atoms with E-state index in [1.807, 2.05) is 54.7 Å². The zero-order valence-corrected chi connectivity index (χ0v) is 14.7. The number of aryl methyl sites for hydroxylation is 1. The molecule has 0 spiro atoms. The molecule has 3 nitrogen and oxygen atoms in total. The van der Waals surface area contributed by atoms with E-state index < -0.39 is 0 Å². The molecule has 1 aromatic heterocycles. The van der Waals surface area contributed by atoms with Gasteiger partial charge >= 0.3 is 0 Å². The second-order valence-electron chi connectivity index (χ2n) is 5.60. The lowest BCUT2D eigenvalue weighted by molar-refractivity contribution is 0.415. The van der Waals surface area contributed by atoms with Crippen LogP contribution in [0.3, 0.4) is 0 Å².